The lowest BCUT2D eigenvalue weighted by atomic mass is 10.1. The third-order valence-corrected chi connectivity index (χ3v) is 5.56. The highest BCUT2D eigenvalue weighted by Crippen LogP contribution is 2.40. The van der Waals surface area contributed by atoms with E-state index in [0.29, 0.717) is 42.8 Å². The van der Waals surface area contributed by atoms with Crippen molar-refractivity contribution in [2.75, 3.05) is 12.9 Å². The number of halogens is 2. The highest BCUT2D eigenvalue weighted by Gasteiger charge is 2.36. The Morgan fingerprint density at radius 2 is 2.07 bits per heavy atom. The van der Waals surface area contributed by atoms with Gasteiger partial charge in [-0.15, -0.1) is 5.10 Å². The molecule has 28 heavy (non-hydrogen) atoms. The van der Waals surface area contributed by atoms with Crippen LogP contribution in [0.5, 0.6) is 5.75 Å². The number of methoxy groups -OCH3 is 1. The zero-order chi connectivity index (χ0) is 19.8. The fourth-order valence-corrected chi connectivity index (χ4v) is 4.39. The molecule has 0 aliphatic carbocycles. The number of hydrazone groups is 1. The molecule has 4 rings (SSSR count). The molecule has 6 nitrogen and oxygen atoms in total. The van der Waals surface area contributed by atoms with Gasteiger partial charge in [0.1, 0.15) is 11.4 Å². The lowest BCUT2D eigenvalue weighted by Crippen LogP contribution is -2.50. The third kappa shape index (κ3) is 3.23. The Morgan fingerprint density at radius 3 is 2.82 bits per heavy atom. The smallest absolute Gasteiger partial charge is 0.276 e. The number of nitrogens with zero attached hydrogens (tertiary/aromatic N) is 3. The van der Waals surface area contributed by atoms with Gasteiger partial charge in [-0.3, -0.25) is 15.1 Å². The van der Waals surface area contributed by atoms with Gasteiger partial charge in [0.05, 0.1) is 17.5 Å². The van der Waals surface area contributed by atoms with Gasteiger partial charge < -0.3 is 4.74 Å². The summed E-state index contributed by atoms with van der Waals surface area (Å²) in [5.41, 5.74) is 1.06. The van der Waals surface area contributed by atoms with Crippen molar-refractivity contribution < 1.29 is 9.53 Å². The first-order chi connectivity index (χ1) is 13.5. The molecule has 0 bridgehead atoms. The number of rotatable bonds is 3. The molecule has 0 radical (unpaired) electrons. The van der Waals surface area contributed by atoms with E-state index in [1.807, 2.05) is 31.2 Å². The molecule has 0 spiro atoms. The molecule has 0 saturated heterocycles. The summed E-state index contributed by atoms with van der Waals surface area (Å²) in [6, 6.07) is 10.8. The molecule has 144 valence electrons. The second-order valence-corrected chi connectivity index (χ2v) is 8.11. The predicted octanol–water partition coefficient (Wildman–Crippen LogP) is 2.90. The standard InChI is InChI=1S/C19H16Cl2N4O2S/c1-3-28-19-23-18(26)15-11-6-4-5-7-14(11)22-17(25(15)24-19)12-8-10(20)9-13(21)16(12)27-2/h4-9,17H,3H2,1-2H3,(H,23,24,26)/t17-/m1/s1. The van der Waals surface area contributed by atoms with Gasteiger partial charge in [-0.1, -0.05) is 60.1 Å². The molecule has 1 N–H and O–H groups in total. The maximum Gasteiger partial charge on any atom is 0.276 e. The van der Waals surface area contributed by atoms with Crippen molar-refractivity contribution >= 4 is 51.7 Å². The first-order valence-corrected chi connectivity index (χ1v) is 10.3. The van der Waals surface area contributed by atoms with Gasteiger partial charge in [0, 0.05) is 15.8 Å². The van der Waals surface area contributed by atoms with E-state index >= 15 is 0 Å². The quantitative estimate of drug-likeness (QED) is 0.806. The van der Waals surface area contributed by atoms with E-state index in [-0.39, 0.29) is 5.91 Å². The number of carbonyl (C=O) groups excluding carboxylic acids is 1. The molecule has 2 aliphatic rings. The van der Waals surface area contributed by atoms with Gasteiger partial charge in [-0.05, 0) is 24.0 Å². The minimum absolute atomic E-state index is 0.231. The Hall–Kier alpha value is -2.22. The van der Waals surface area contributed by atoms with E-state index in [9.17, 15) is 4.79 Å². The topological polar surface area (TPSA) is 66.3 Å². The van der Waals surface area contributed by atoms with E-state index in [1.54, 1.807) is 17.1 Å². The molecule has 0 aromatic heterocycles. The van der Waals surface area contributed by atoms with Crippen molar-refractivity contribution in [3.63, 3.8) is 0 Å². The summed E-state index contributed by atoms with van der Waals surface area (Å²) in [7, 11) is 1.53. The molecule has 2 aliphatic heterocycles. The number of para-hydroxylation sites is 1. The SMILES string of the molecule is CCSC1=NN2C(=c3ccccc3=N[C@H]2c2cc(Cl)cc(Cl)c2OC)C(=O)N1. The van der Waals surface area contributed by atoms with Gasteiger partial charge >= 0.3 is 0 Å². The maximum atomic E-state index is 12.9. The number of hydrogen-bond acceptors (Lipinski definition) is 6. The molecule has 0 fully saturated rings. The summed E-state index contributed by atoms with van der Waals surface area (Å²) in [6.45, 7) is 1.99. The average molecular weight is 435 g/mol. The molecule has 9 heteroatoms. The first kappa shape index (κ1) is 19.1. The number of benzene rings is 2. The van der Waals surface area contributed by atoms with Crippen LogP contribution in [-0.4, -0.2) is 28.9 Å². The minimum atomic E-state index is -0.644. The number of ether oxygens (including phenoxy) is 1. The van der Waals surface area contributed by atoms with Crippen LogP contribution in [0.25, 0.3) is 5.70 Å². The fraction of sp³-hybridized carbons (Fsp3) is 0.211. The summed E-state index contributed by atoms with van der Waals surface area (Å²) in [4.78, 5) is 17.8. The van der Waals surface area contributed by atoms with Crippen LogP contribution >= 0.6 is 35.0 Å². The number of fused-ring (bicyclic) bond motifs is 2. The highest BCUT2D eigenvalue weighted by atomic mass is 35.5. The van der Waals surface area contributed by atoms with Gasteiger partial charge in [0.2, 0.25) is 0 Å². The zero-order valence-corrected chi connectivity index (χ0v) is 17.4. The molecular formula is C19H16Cl2N4O2S. The number of thioether (sulfide) groups is 1. The van der Waals surface area contributed by atoms with Crippen LogP contribution in [0.4, 0.5) is 0 Å². The summed E-state index contributed by atoms with van der Waals surface area (Å²) in [5.74, 6) is 0.988. The first-order valence-electron chi connectivity index (χ1n) is 8.55. The molecule has 2 aromatic rings. The van der Waals surface area contributed by atoms with Crippen molar-refractivity contribution in [1.82, 2.24) is 10.3 Å². The molecule has 1 amide bonds. The van der Waals surface area contributed by atoms with Crippen LogP contribution in [0, 0.1) is 0 Å². The normalized spacial score (nSPS) is 17.9. The third-order valence-electron chi connectivity index (χ3n) is 4.32. The molecular weight excluding hydrogens is 419 g/mol. The van der Waals surface area contributed by atoms with Crippen LogP contribution in [0.3, 0.4) is 0 Å². The molecule has 0 saturated carbocycles. The van der Waals surface area contributed by atoms with E-state index < -0.39 is 6.17 Å². The van der Waals surface area contributed by atoms with Crippen molar-refractivity contribution in [2.45, 2.75) is 13.1 Å². The summed E-state index contributed by atoms with van der Waals surface area (Å²) >= 11 is 14.0. The van der Waals surface area contributed by atoms with Crippen LogP contribution in [0.2, 0.25) is 10.0 Å². The van der Waals surface area contributed by atoms with Crippen LogP contribution in [0.1, 0.15) is 18.7 Å². The van der Waals surface area contributed by atoms with Gasteiger partial charge in [0.25, 0.3) is 5.91 Å². The lowest BCUT2D eigenvalue weighted by Gasteiger charge is -2.34. The maximum absolute atomic E-state index is 12.9. The molecule has 2 heterocycles. The van der Waals surface area contributed by atoms with Crippen molar-refractivity contribution in [1.29, 1.82) is 0 Å². The second kappa shape index (κ2) is 7.66. The van der Waals surface area contributed by atoms with Gasteiger partial charge in [0.15, 0.2) is 11.3 Å². The molecule has 1 atom stereocenters. The van der Waals surface area contributed by atoms with Gasteiger partial charge in [-0.2, -0.15) is 0 Å². The number of hydrogen-bond donors (Lipinski definition) is 1. The van der Waals surface area contributed by atoms with E-state index in [2.05, 4.69) is 10.4 Å². The monoisotopic (exact) mass is 434 g/mol. The Bertz CT molecular complexity index is 1120. The summed E-state index contributed by atoms with van der Waals surface area (Å²) in [6.07, 6.45) is -0.644. The summed E-state index contributed by atoms with van der Waals surface area (Å²) in [5, 5.41) is 11.8. The Kier molecular flexibility index (Phi) is 5.23. The molecule has 0 unspecified atom stereocenters. The zero-order valence-electron chi connectivity index (χ0n) is 15.1. The lowest BCUT2D eigenvalue weighted by molar-refractivity contribution is -0.116. The predicted molar refractivity (Wildman–Crippen MR) is 112 cm³/mol. The number of carbonyl (C=O) groups is 1. The number of nitrogens with one attached hydrogen (secondary N) is 1. The van der Waals surface area contributed by atoms with Gasteiger partial charge in [-0.25, -0.2) is 5.01 Å². The Labute approximate surface area is 175 Å². The number of amides is 1. The van der Waals surface area contributed by atoms with E-state index in [1.165, 1.54) is 18.9 Å². The number of amidine groups is 1. The summed E-state index contributed by atoms with van der Waals surface area (Å²) < 4.78 is 5.51. The van der Waals surface area contributed by atoms with E-state index in [0.717, 1.165) is 5.75 Å². The fourth-order valence-electron chi connectivity index (χ4n) is 3.22. The Balaban J connectivity index is 2.00. The van der Waals surface area contributed by atoms with Crippen molar-refractivity contribution in [3.05, 3.63) is 62.6 Å². The van der Waals surface area contributed by atoms with Crippen LogP contribution < -0.4 is 20.6 Å². The van der Waals surface area contributed by atoms with Crippen LogP contribution in [-0.2, 0) is 4.79 Å². The second-order valence-electron chi connectivity index (χ2n) is 6.02. The average Bonchev–Trinajstić information content (AvgIpc) is 2.66. The largest absolute Gasteiger partial charge is 0.495 e. The molecule has 2 aromatic carbocycles. The van der Waals surface area contributed by atoms with Crippen molar-refractivity contribution in [2.24, 2.45) is 10.1 Å². The van der Waals surface area contributed by atoms with Crippen molar-refractivity contribution in [3.8, 4) is 5.75 Å². The Morgan fingerprint density at radius 1 is 1.29 bits per heavy atom. The van der Waals surface area contributed by atoms with E-state index in [4.69, 9.17) is 32.9 Å². The van der Waals surface area contributed by atoms with Crippen LogP contribution in [0.15, 0.2) is 46.5 Å². The minimum Gasteiger partial charge on any atom is -0.495 e. The highest BCUT2D eigenvalue weighted by molar-refractivity contribution is 8.13.